The molecule has 1 N–H and O–H groups in total. The van der Waals surface area contributed by atoms with Crippen LogP contribution in [-0.4, -0.2) is 35.0 Å². The molecule has 1 saturated heterocycles. The number of benzene rings is 1. The smallest absolute Gasteiger partial charge is 0.247 e. The van der Waals surface area contributed by atoms with Gasteiger partial charge < -0.3 is 14.8 Å². The molecule has 1 aliphatic heterocycles. The third-order valence-corrected chi connectivity index (χ3v) is 4.45. The third kappa shape index (κ3) is 4.89. The number of hydrogen-bond donors (Lipinski definition) is 1. The number of ether oxygens (including phenoxy) is 2. The quantitative estimate of drug-likeness (QED) is 0.830. The molecule has 0 spiro atoms. The molecule has 3 rings (SSSR count). The topological polar surface area (TPSA) is 69.2 Å². The molecule has 2 heterocycles. The van der Waals surface area contributed by atoms with Gasteiger partial charge in [-0.25, -0.2) is 4.98 Å². The molecule has 134 valence electrons. The van der Waals surface area contributed by atoms with E-state index in [0.717, 1.165) is 68.3 Å². The lowest BCUT2D eigenvalue weighted by Crippen LogP contribution is -2.21. The summed E-state index contributed by atoms with van der Waals surface area (Å²) in [6.45, 7) is 6.60. The van der Waals surface area contributed by atoms with Gasteiger partial charge >= 0.3 is 0 Å². The van der Waals surface area contributed by atoms with Crippen molar-refractivity contribution in [1.29, 1.82) is 0 Å². The van der Waals surface area contributed by atoms with E-state index in [-0.39, 0.29) is 0 Å². The second-order valence-electron chi connectivity index (χ2n) is 6.25. The molecule has 0 radical (unpaired) electrons. The van der Waals surface area contributed by atoms with Gasteiger partial charge in [-0.1, -0.05) is 13.8 Å². The Morgan fingerprint density at radius 2 is 1.76 bits per heavy atom. The van der Waals surface area contributed by atoms with Crippen molar-refractivity contribution < 1.29 is 9.47 Å². The molecule has 0 amide bonds. The van der Waals surface area contributed by atoms with Crippen molar-refractivity contribution in [2.24, 2.45) is 5.92 Å². The van der Waals surface area contributed by atoms with Crippen molar-refractivity contribution in [2.45, 2.75) is 39.5 Å². The van der Waals surface area contributed by atoms with Crippen LogP contribution in [-0.2, 0) is 17.6 Å². The highest BCUT2D eigenvalue weighted by Crippen LogP contribution is 2.21. The maximum absolute atomic E-state index is 5.89. The fourth-order valence-electron chi connectivity index (χ4n) is 2.88. The normalized spacial score (nSPS) is 15.1. The highest BCUT2D eigenvalue weighted by Gasteiger charge is 2.14. The molecule has 6 nitrogen and oxygen atoms in total. The first kappa shape index (κ1) is 17.6. The van der Waals surface area contributed by atoms with E-state index < -0.39 is 0 Å². The van der Waals surface area contributed by atoms with Crippen molar-refractivity contribution in [3.05, 3.63) is 35.7 Å². The molecule has 0 bridgehead atoms. The van der Waals surface area contributed by atoms with Gasteiger partial charge in [-0.3, -0.25) is 0 Å². The van der Waals surface area contributed by atoms with Gasteiger partial charge in [-0.15, -0.1) is 10.2 Å². The zero-order chi connectivity index (χ0) is 17.5. The summed E-state index contributed by atoms with van der Waals surface area (Å²) in [6, 6.07) is 7.89. The lowest BCUT2D eigenvalue weighted by Gasteiger charge is -2.22. The Morgan fingerprint density at radius 1 is 1.04 bits per heavy atom. The van der Waals surface area contributed by atoms with Gasteiger partial charge in [0.2, 0.25) is 5.95 Å². The number of rotatable bonds is 7. The molecule has 6 heteroatoms. The van der Waals surface area contributed by atoms with Crippen LogP contribution >= 0.6 is 0 Å². The summed E-state index contributed by atoms with van der Waals surface area (Å²) in [4.78, 5) is 4.55. The molecule has 1 aromatic heterocycles. The Labute approximate surface area is 149 Å². The van der Waals surface area contributed by atoms with Crippen LogP contribution in [0.15, 0.2) is 24.3 Å². The molecule has 0 atom stereocenters. The fraction of sp³-hybridized carbons (Fsp3) is 0.526. The van der Waals surface area contributed by atoms with Crippen molar-refractivity contribution in [2.75, 3.05) is 25.1 Å². The fourth-order valence-corrected chi connectivity index (χ4v) is 2.88. The highest BCUT2D eigenvalue weighted by molar-refractivity contribution is 5.54. The Balaban J connectivity index is 1.56. The van der Waals surface area contributed by atoms with E-state index in [1.54, 1.807) is 0 Å². The predicted octanol–water partition coefficient (Wildman–Crippen LogP) is 3.55. The number of nitrogens with one attached hydrogen (secondary N) is 1. The standard InChI is InChI=1S/C19H26N4O2/c1-3-17-18(4-2)22-23-19(21-17)20-15-5-7-16(8-6-15)25-13-14-9-11-24-12-10-14/h5-8,14H,3-4,9-13H2,1-2H3,(H,20,21,23). The van der Waals surface area contributed by atoms with Crippen LogP contribution in [0.3, 0.4) is 0 Å². The summed E-state index contributed by atoms with van der Waals surface area (Å²) >= 11 is 0. The summed E-state index contributed by atoms with van der Waals surface area (Å²) in [5, 5.41) is 11.6. The third-order valence-electron chi connectivity index (χ3n) is 4.45. The molecular weight excluding hydrogens is 316 g/mol. The molecule has 0 unspecified atom stereocenters. The van der Waals surface area contributed by atoms with E-state index in [1.807, 2.05) is 24.3 Å². The number of nitrogens with zero attached hydrogens (tertiary/aromatic N) is 3. The van der Waals surface area contributed by atoms with Crippen LogP contribution in [0.1, 0.15) is 38.1 Å². The maximum atomic E-state index is 5.89. The van der Waals surface area contributed by atoms with Crippen LogP contribution in [0.4, 0.5) is 11.6 Å². The van der Waals surface area contributed by atoms with Crippen molar-refractivity contribution in [3.8, 4) is 5.75 Å². The first-order valence-electron chi connectivity index (χ1n) is 9.08. The molecule has 2 aromatic rings. The zero-order valence-electron chi connectivity index (χ0n) is 15.0. The molecule has 1 fully saturated rings. The van der Waals surface area contributed by atoms with Crippen molar-refractivity contribution >= 4 is 11.6 Å². The lowest BCUT2D eigenvalue weighted by molar-refractivity contribution is 0.0497. The van der Waals surface area contributed by atoms with Gasteiger partial charge in [0.05, 0.1) is 18.0 Å². The van der Waals surface area contributed by atoms with E-state index in [1.165, 1.54) is 0 Å². The zero-order valence-corrected chi connectivity index (χ0v) is 15.0. The number of aryl methyl sites for hydroxylation is 2. The molecule has 0 aliphatic carbocycles. The largest absolute Gasteiger partial charge is 0.493 e. The van der Waals surface area contributed by atoms with E-state index in [0.29, 0.717) is 11.9 Å². The first-order chi connectivity index (χ1) is 12.3. The minimum absolute atomic E-state index is 0.532. The Kier molecular flexibility index (Phi) is 6.17. The van der Waals surface area contributed by atoms with Crippen LogP contribution in [0.25, 0.3) is 0 Å². The van der Waals surface area contributed by atoms with E-state index >= 15 is 0 Å². The predicted molar refractivity (Wildman–Crippen MR) is 97.3 cm³/mol. The Bertz CT molecular complexity index is 670. The number of hydrogen-bond acceptors (Lipinski definition) is 6. The van der Waals surface area contributed by atoms with Crippen LogP contribution in [0, 0.1) is 5.92 Å². The van der Waals surface area contributed by atoms with Gasteiger partial charge in [0.1, 0.15) is 5.75 Å². The number of aromatic nitrogens is 3. The van der Waals surface area contributed by atoms with Crippen LogP contribution in [0.5, 0.6) is 5.75 Å². The molecule has 0 saturated carbocycles. The average molecular weight is 342 g/mol. The number of anilines is 2. The lowest BCUT2D eigenvalue weighted by atomic mass is 10.0. The molecule has 25 heavy (non-hydrogen) atoms. The summed E-state index contributed by atoms with van der Waals surface area (Å²) in [5.41, 5.74) is 2.88. The van der Waals surface area contributed by atoms with Gasteiger partial charge in [0, 0.05) is 18.9 Å². The minimum atomic E-state index is 0.532. The van der Waals surface area contributed by atoms with Gasteiger partial charge in [-0.2, -0.15) is 0 Å². The summed E-state index contributed by atoms with van der Waals surface area (Å²) in [6.07, 6.45) is 3.87. The molecule has 1 aromatic carbocycles. The Morgan fingerprint density at radius 3 is 2.44 bits per heavy atom. The Hall–Kier alpha value is -2.21. The van der Waals surface area contributed by atoms with Crippen molar-refractivity contribution in [1.82, 2.24) is 15.2 Å². The van der Waals surface area contributed by atoms with Crippen LogP contribution in [0.2, 0.25) is 0 Å². The van der Waals surface area contributed by atoms with Crippen molar-refractivity contribution in [3.63, 3.8) is 0 Å². The first-order valence-corrected chi connectivity index (χ1v) is 9.08. The van der Waals surface area contributed by atoms with Gasteiger partial charge in [0.25, 0.3) is 0 Å². The summed E-state index contributed by atoms with van der Waals surface area (Å²) < 4.78 is 11.3. The van der Waals surface area contributed by atoms with Crippen LogP contribution < -0.4 is 10.1 Å². The second kappa shape index (κ2) is 8.76. The summed E-state index contributed by atoms with van der Waals surface area (Å²) in [7, 11) is 0. The SMILES string of the molecule is CCc1nnc(Nc2ccc(OCC3CCOCC3)cc2)nc1CC. The highest BCUT2D eigenvalue weighted by atomic mass is 16.5. The average Bonchev–Trinajstić information content (AvgIpc) is 2.68. The molecular formula is C19H26N4O2. The maximum Gasteiger partial charge on any atom is 0.247 e. The minimum Gasteiger partial charge on any atom is -0.493 e. The van der Waals surface area contributed by atoms with E-state index in [4.69, 9.17) is 9.47 Å². The van der Waals surface area contributed by atoms with Gasteiger partial charge in [-0.05, 0) is 55.9 Å². The monoisotopic (exact) mass is 342 g/mol. The van der Waals surface area contributed by atoms with E-state index in [2.05, 4.69) is 34.3 Å². The summed E-state index contributed by atoms with van der Waals surface area (Å²) in [5.74, 6) is 2.01. The van der Waals surface area contributed by atoms with Gasteiger partial charge in [0.15, 0.2) is 0 Å². The molecule has 1 aliphatic rings. The second-order valence-corrected chi connectivity index (χ2v) is 6.25. The van der Waals surface area contributed by atoms with E-state index in [9.17, 15) is 0 Å².